The normalized spacial score (nSPS) is 11.2. The standard InChI is InChI=1S/C47H50N3O4S.C34H35N3.CH4O3S.Na.O3S/c1-6-49(32-36-13-10-9-11-14-36)41-23-27-45(34(4)29-41)47(38-17-19-39(20-18-38)48-40-21-25-43(26-22-40)54-8-3)46-28-24-42(30-35(46)5)50(7-2)33-37-15-12-16-44(31-37)55(51,52)53;1-35(2)28-20-15-26(16-21-28)33(27-17-22-29(23-18-27)36(3)4)34-31-14-10-9-11-25(31)19-24-32(34)37(5)30-12-7-6-8-13-30;1-5(2,3)4;;1-4(2)3/h9-10,12-31,47-48H,6-8,32-33H2,1-5H3,(H,51,52,53);6-24,33H,1-5H3;1H3,(H,2,3,4);;/q-1;;;+1;/p-2. The van der Waals surface area contributed by atoms with Crippen LogP contribution in [0.5, 0.6) is 5.75 Å². The van der Waals surface area contributed by atoms with Crippen LogP contribution in [0.4, 0.5) is 45.5 Å². The molecule has 0 amide bonds. The first-order valence-corrected chi connectivity index (χ1v) is 37.3. The van der Waals surface area contributed by atoms with E-state index in [4.69, 9.17) is 30.3 Å². The fourth-order valence-electron chi connectivity index (χ4n) is 12.3. The van der Waals surface area contributed by atoms with Crippen LogP contribution in [-0.2, 0) is 43.9 Å². The van der Waals surface area contributed by atoms with Crippen LogP contribution in [-0.4, -0.2) is 99.8 Å². The van der Waals surface area contributed by atoms with Crippen LogP contribution >= 0.6 is 0 Å². The van der Waals surface area contributed by atoms with Crippen LogP contribution in [0.3, 0.4) is 0 Å². The Morgan fingerprint density at radius 1 is 0.500 bits per heavy atom. The number of nitrogens with zero attached hydrogens (tertiary/aromatic N) is 5. The molecule has 0 aromatic heterocycles. The molecule has 0 aliphatic carbocycles. The fraction of sp³-hybridized carbons (Fsp3) is 0.220. The first-order chi connectivity index (χ1) is 48.2. The third kappa shape index (κ3) is 22.6. The Hall–Kier alpha value is -9.28. The van der Waals surface area contributed by atoms with E-state index in [2.05, 4.69) is 287 Å². The number of hydrogen-bond acceptors (Lipinski definition) is 16. The Balaban J connectivity index is 0.000000267. The molecule has 102 heavy (non-hydrogen) atoms. The van der Waals surface area contributed by atoms with Gasteiger partial charge in [-0.2, -0.15) is 30.3 Å². The van der Waals surface area contributed by atoms with Crippen LogP contribution in [0.2, 0.25) is 0 Å². The first kappa shape index (κ1) is 80.0. The van der Waals surface area contributed by atoms with Crippen molar-refractivity contribution in [1.82, 2.24) is 0 Å². The number of nitrogens with one attached hydrogen (secondary N) is 1. The van der Waals surface area contributed by atoms with Crippen molar-refractivity contribution in [3.05, 3.63) is 310 Å². The molecule has 0 aliphatic heterocycles. The molecule has 11 aromatic carbocycles. The van der Waals surface area contributed by atoms with Crippen molar-refractivity contribution in [2.24, 2.45) is 0 Å². The van der Waals surface area contributed by atoms with E-state index in [0.29, 0.717) is 26.0 Å². The number of rotatable bonds is 23. The van der Waals surface area contributed by atoms with Crippen molar-refractivity contribution in [1.29, 1.82) is 0 Å². The zero-order chi connectivity index (χ0) is 73.0. The summed E-state index contributed by atoms with van der Waals surface area (Å²) in [5.41, 5.74) is 20.8. The van der Waals surface area contributed by atoms with Crippen LogP contribution < -0.4 is 64.1 Å². The maximum atomic E-state index is 11.7. The number of ether oxygens (including phenoxy) is 1. The second-order valence-corrected chi connectivity index (χ2v) is 27.9. The summed E-state index contributed by atoms with van der Waals surface area (Å²) in [5, 5.41) is 6.06. The van der Waals surface area contributed by atoms with E-state index in [1.807, 2.05) is 49.4 Å². The van der Waals surface area contributed by atoms with Crippen molar-refractivity contribution in [3.63, 3.8) is 0 Å². The fourth-order valence-corrected chi connectivity index (χ4v) is 12.8. The third-order valence-electron chi connectivity index (χ3n) is 17.3. The molecule has 0 heterocycles. The third-order valence-corrected chi connectivity index (χ3v) is 18.1. The van der Waals surface area contributed by atoms with Gasteiger partial charge in [0.1, 0.15) is 15.9 Å². The summed E-state index contributed by atoms with van der Waals surface area (Å²) >= 11 is 0. The second kappa shape index (κ2) is 37.6. The van der Waals surface area contributed by atoms with Gasteiger partial charge in [0.25, 0.3) is 0 Å². The maximum Gasteiger partial charge on any atom is 1.00 e. The topological polar surface area (TPSA) is 203 Å². The molecule has 0 radical (unpaired) electrons. The molecule has 16 nitrogen and oxygen atoms in total. The van der Waals surface area contributed by atoms with Gasteiger partial charge in [0.2, 0.25) is 0 Å². The number of anilines is 8. The predicted molar refractivity (Wildman–Crippen MR) is 410 cm³/mol. The van der Waals surface area contributed by atoms with Crippen LogP contribution in [0, 0.1) is 19.9 Å². The quantitative estimate of drug-likeness (QED) is 0.0274. The average molecular weight is 1440 g/mol. The monoisotopic (exact) mass is 1430 g/mol. The van der Waals surface area contributed by atoms with E-state index >= 15 is 0 Å². The Kier molecular flexibility index (Phi) is 29.5. The van der Waals surface area contributed by atoms with Crippen LogP contribution in [0.25, 0.3) is 10.8 Å². The molecule has 0 fully saturated rings. The van der Waals surface area contributed by atoms with E-state index in [1.165, 1.54) is 95.8 Å². The van der Waals surface area contributed by atoms with Gasteiger partial charge in [0, 0.05) is 118 Å². The molecule has 11 rings (SSSR count). The molecule has 20 heteroatoms. The van der Waals surface area contributed by atoms with Gasteiger partial charge in [-0.05, 0) is 217 Å². The van der Waals surface area contributed by atoms with Crippen LogP contribution in [0.15, 0.2) is 254 Å². The minimum absolute atomic E-state index is 0. The van der Waals surface area contributed by atoms with Gasteiger partial charge in [-0.25, -0.2) is 16.8 Å². The van der Waals surface area contributed by atoms with Gasteiger partial charge >= 0.3 is 40.2 Å². The molecule has 1 atom stereocenters. The van der Waals surface area contributed by atoms with Gasteiger partial charge in [0.15, 0.2) is 0 Å². The van der Waals surface area contributed by atoms with E-state index in [0.717, 1.165) is 47.0 Å². The van der Waals surface area contributed by atoms with E-state index in [9.17, 15) is 13.0 Å². The summed E-state index contributed by atoms with van der Waals surface area (Å²) < 4.78 is 93.3. The molecule has 0 spiro atoms. The van der Waals surface area contributed by atoms with Crippen molar-refractivity contribution < 1.29 is 72.9 Å². The summed E-state index contributed by atoms with van der Waals surface area (Å²) in [5.74, 6) is 0.885. The summed E-state index contributed by atoms with van der Waals surface area (Å²) in [4.78, 5) is 11.0. The summed E-state index contributed by atoms with van der Waals surface area (Å²) in [6.45, 7) is 14.1. The largest absolute Gasteiger partial charge is 1.00 e. The van der Waals surface area contributed by atoms with Crippen molar-refractivity contribution in [2.75, 3.05) is 91.0 Å². The van der Waals surface area contributed by atoms with E-state index < -0.39 is 30.8 Å². The number of para-hydroxylation sites is 1. The molecule has 0 saturated heterocycles. The molecule has 11 aromatic rings. The molecule has 0 bridgehead atoms. The Bertz CT molecular complexity index is 4800. The molecule has 0 aliphatic rings. The Morgan fingerprint density at radius 3 is 1.43 bits per heavy atom. The number of benzene rings is 11. The number of aryl methyl sites for hydroxylation is 2. The second-order valence-electron chi connectivity index (χ2n) is 24.7. The molecule has 0 saturated carbocycles. The summed E-state index contributed by atoms with van der Waals surface area (Å²) in [6, 6.07) is 89.7. The molecular weight excluding hydrogens is 1350 g/mol. The van der Waals surface area contributed by atoms with Gasteiger partial charge in [-0.3, -0.25) is 0 Å². The van der Waals surface area contributed by atoms with E-state index in [-0.39, 0.29) is 46.3 Å². The minimum Gasteiger partial charge on any atom is -0.748 e. The first-order valence-electron chi connectivity index (χ1n) is 33.1. The number of fused-ring (bicyclic) bond motifs is 1. The molecule has 1 N–H and O–H groups in total. The SMILES string of the molecule is CCOc1ccc(Nc2ccc(C(c3ccc(N(CC)Cc4c[c-]ccc4)cc3C)c3ccc(N(CC)Cc4cccc(S(=O)(=O)[O-])c4)cc3C)cc2)cc1.CN(C)c1ccc(C(c2ccc(N(C)C)cc2)c2c(N(C)c3ccccc3)ccc3ccccc23)cc1.CS(=O)(=O)[O-].O=S(=O)=O.[Na+]. The minimum atomic E-state index is -4.54. The van der Waals surface area contributed by atoms with Gasteiger partial charge in [-0.15, -0.1) is 18.2 Å². The van der Waals surface area contributed by atoms with Gasteiger partial charge in [0.05, 0.1) is 21.6 Å². The maximum absolute atomic E-state index is 11.7. The zero-order valence-corrected chi connectivity index (χ0v) is 64.4. The predicted octanol–water partition coefficient (Wildman–Crippen LogP) is 13.5. The molecular formula is C82H87N6NaO10S3-2. The molecule has 1 unspecified atom stereocenters. The van der Waals surface area contributed by atoms with Crippen molar-refractivity contribution >= 4 is 87.1 Å². The Labute approximate surface area is 626 Å². The summed E-state index contributed by atoms with van der Waals surface area (Å²) in [6.07, 6.45) is 0.604. The van der Waals surface area contributed by atoms with E-state index in [1.54, 1.807) is 6.07 Å². The zero-order valence-electron chi connectivity index (χ0n) is 59.9. The smallest absolute Gasteiger partial charge is 0.748 e. The Morgan fingerprint density at radius 2 is 0.961 bits per heavy atom. The van der Waals surface area contributed by atoms with Crippen molar-refractivity contribution in [3.8, 4) is 5.75 Å². The molecule has 526 valence electrons. The number of hydrogen-bond donors (Lipinski definition) is 1. The van der Waals surface area contributed by atoms with Crippen LogP contribution in [0.1, 0.15) is 88.2 Å². The van der Waals surface area contributed by atoms with Gasteiger partial charge < -0.3 is 43.7 Å². The van der Waals surface area contributed by atoms with Crippen molar-refractivity contribution in [2.45, 2.75) is 64.4 Å². The summed E-state index contributed by atoms with van der Waals surface area (Å²) in [7, 11) is -1.05. The van der Waals surface area contributed by atoms with Gasteiger partial charge in [-0.1, -0.05) is 109 Å². The average Bonchev–Trinajstić information content (AvgIpc) is 0.762.